The van der Waals surface area contributed by atoms with E-state index in [1.54, 1.807) is 13.3 Å². The summed E-state index contributed by atoms with van der Waals surface area (Å²) in [6.45, 7) is 16.0. The van der Waals surface area contributed by atoms with Crippen LogP contribution in [0.5, 0.6) is 0 Å². The number of likely N-dealkylation sites (tertiary alicyclic amines) is 1. The second kappa shape index (κ2) is 13.8. The Hall–Kier alpha value is -2.34. The van der Waals surface area contributed by atoms with E-state index in [2.05, 4.69) is 50.2 Å². The molecule has 11 nitrogen and oxygen atoms in total. The molecular weight excluding hydrogens is 524 g/mol. The summed E-state index contributed by atoms with van der Waals surface area (Å²) in [5, 5.41) is 6.82. The fourth-order valence-electron chi connectivity index (χ4n) is 5.86. The van der Waals surface area contributed by atoms with Crippen molar-refractivity contribution in [1.82, 2.24) is 25.1 Å². The van der Waals surface area contributed by atoms with E-state index in [1.807, 2.05) is 9.80 Å². The van der Waals surface area contributed by atoms with Gasteiger partial charge in [0.15, 0.2) is 5.79 Å². The Kier molecular flexibility index (Phi) is 10.6. The van der Waals surface area contributed by atoms with Gasteiger partial charge in [0.05, 0.1) is 19.1 Å². The van der Waals surface area contributed by atoms with Crippen molar-refractivity contribution in [2.45, 2.75) is 77.5 Å². The summed E-state index contributed by atoms with van der Waals surface area (Å²) in [6.07, 6.45) is 4.48. The zero-order valence-corrected chi connectivity index (χ0v) is 25.8. The second-order valence-electron chi connectivity index (χ2n) is 13.0. The number of nitrogens with one attached hydrogen (secondary N) is 2. The highest BCUT2D eigenvalue weighted by atomic mass is 16.7. The van der Waals surface area contributed by atoms with Gasteiger partial charge in [-0.2, -0.15) is 0 Å². The molecule has 0 unspecified atom stereocenters. The average Bonchev–Trinajstić information content (AvgIpc) is 3.41. The number of anilines is 1. The van der Waals surface area contributed by atoms with Crippen LogP contribution in [0.4, 0.5) is 5.82 Å². The summed E-state index contributed by atoms with van der Waals surface area (Å²) in [5.74, 6) is 0.823. The van der Waals surface area contributed by atoms with Crippen LogP contribution in [0.3, 0.4) is 0 Å². The van der Waals surface area contributed by atoms with Gasteiger partial charge in [0.25, 0.3) is 5.91 Å². The van der Waals surface area contributed by atoms with Crippen LogP contribution < -0.4 is 10.6 Å². The van der Waals surface area contributed by atoms with E-state index >= 15 is 0 Å². The molecule has 0 aliphatic carbocycles. The van der Waals surface area contributed by atoms with Crippen LogP contribution in [-0.2, 0) is 24.4 Å². The van der Waals surface area contributed by atoms with Gasteiger partial charge in [0.2, 0.25) is 5.91 Å². The number of hydrogen-bond donors (Lipinski definition) is 2. The predicted molar refractivity (Wildman–Crippen MR) is 157 cm³/mol. The number of methoxy groups -OCH3 is 1. The summed E-state index contributed by atoms with van der Waals surface area (Å²) in [7, 11) is 1.68. The maximum atomic E-state index is 14.2. The number of carbonyl (C=O) groups excluding carboxylic acids is 2. The Bertz CT molecular complexity index is 1030. The fraction of sp³-hybridized carbons (Fsp3) is 0.800. The first kappa shape index (κ1) is 31.6. The van der Waals surface area contributed by atoms with Crippen molar-refractivity contribution < 1.29 is 23.8 Å². The van der Waals surface area contributed by atoms with E-state index in [1.165, 1.54) is 0 Å². The number of hydrogen-bond acceptors (Lipinski definition) is 9. The lowest BCUT2D eigenvalue weighted by atomic mass is 9.91. The smallest absolute Gasteiger partial charge is 0.259 e. The number of aromatic nitrogens is 2. The Morgan fingerprint density at radius 3 is 2.56 bits per heavy atom. The normalized spacial score (nSPS) is 22.8. The van der Waals surface area contributed by atoms with Gasteiger partial charge in [0.1, 0.15) is 17.2 Å². The zero-order valence-electron chi connectivity index (χ0n) is 25.8. The molecule has 0 radical (unpaired) electrons. The quantitative estimate of drug-likeness (QED) is 0.407. The van der Waals surface area contributed by atoms with Crippen molar-refractivity contribution in [3.8, 4) is 0 Å². The summed E-state index contributed by atoms with van der Waals surface area (Å²) in [4.78, 5) is 41.1. The first-order valence-electron chi connectivity index (χ1n) is 15.2. The van der Waals surface area contributed by atoms with E-state index in [-0.39, 0.29) is 35.1 Å². The lowest BCUT2D eigenvalue weighted by Gasteiger charge is -2.42. The standard InChI is InChI=1S/C30H50N6O5/c1-21(2)20-36(27(38)24-19-33-28(29(3,4)5)34-25(24)32-10-7-13-39-6)23-16-22(17-31-18-23)26(37)35-11-8-30(9-12-35)40-14-15-41-30/h19,21-23,31H,7-18,20H2,1-6H3,(H,32,33,34)/t22-,23+/m1/s1. The molecule has 11 heteroatoms. The molecule has 2 atom stereocenters. The Morgan fingerprint density at radius 1 is 1.22 bits per heavy atom. The molecule has 1 spiro atoms. The molecular formula is C30H50N6O5. The molecule has 0 bridgehead atoms. The highest BCUT2D eigenvalue weighted by Gasteiger charge is 2.43. The second-order valence-corrected chi connectivity index (χ2v) is 13.0. The monoisotopic (exact) mass is 574 g/mol. The van der Waals surface area contributed by atoms with E-state index in [0.29, 0.717) is 95.6 Å². The van der Waals surface area contributed by atoms with E-state index in [4.69, 9.17) is 19.2 Å². The van der Waals surface area contributed by atoms with Crippen LogP contribution in [0.25, 0.3) is 0 Å². The fourth-order valence-corrected chi connectivity index (χ4v) is 5.86. The Labute approximate surface area is 245 Å². The van der Waals surface area contributed by atoms with Gasteiger partial charge in [-0.15, -0.1) is 0 Å². The van der Waals surface area contributed by atoms with E-state index in [0.717, 1.165) is 6.42 Å². The molecule has 0 saturated carbocycles. The lowest BCUT2D eigenvalue weighted by Crippen LogP contribution is -2.56. The maximum Gasteiger partial charge on any atom is 0.259 e. The van der Waals surface area contributed by atoms with Crippen molar-refractivity contribution >= 4 is 17.6 Å². The van der Waals surface area contributed by atoms with Gasteiger partial charge in [-0.05, 0) is 18.8 Å². The minimum Gasteiger partial charge on any atom is -0.385 e. The van der Waals surface area contributed by atoms with Crippen LogP contribution in [0.2, 0.25) is 0 Å². The van der Waals surface area contributed by atoms with Gasteiger partial charge in [-0.3, -0.25) is 9.59 Å². The molecule has 1 aromatic heterocycles. The van der Waals surface area contributed by atoms with Crippen LogP contribution in [-0.4, -0.2) is 110 Å². The highest BCUT2D eigenvalue weighted by molar-refractivity contribution is 5.98. The summed E-state index contributed by atoms with van der Waals surface area (Å²) < 4.78 is 16.9. The average molecular weight is 575 g/mol. The predicted octanol–water partition coefficient (Wildman–Crippen LogP) is 2.66. The number of amides is 2. The topological polar surface area (TPSA) is 118 Å². The van der Waals surface area contributed by atoms with Crippen LogP contribution >= 0.6 is 0 Å². The number of carbonyl (C=O) groups is 2. The minimum atomic E-state index is -0.509. The number of nitrogens with zero attached hydrogens (tertiary/aromatic N) is 4. The first-order chi connectivity index (χ1) is 19.5. The van der Waals surface area contributed by atoms with Crippen LogP contribution in [0, 0.1) is 11.8 Å². The largest absolute Gasteiger partial charge is 0.385 e. The third-order valence-electron chi connectivity index (χ3n) is 8.10. The van der Waals surface area contributed by atoms with Crippen LogP contribution in [0.15, 0.2) is 6.20 Å². The molecule has 3 saturated heterocycles. The minimum absolute atomic E-state index is 0.108. The van der Waals surface area contributed by atoms with Gasteiger partial charge in [0, 0.05) is 83.5 Å². The molecule has 2 amide bonds. The maximum absolute atomic E-state index is 14.2. The molecule has 41 heavy (non-hydrogen) atoms. The van der Waals surface area contributed by atoms with Crippen molar-refractivity contribution in [3.63, 3.8) is 0 Å². The molecule has 3 aliphatic rings. The Balaban J connectivity index is 1.50. The number of piperidine rings is 2. The molecule has 1 aromatic rings. The molecule has 230 valence electrons. The van der Waals surface area contributed by atoms with Crippen molar-refractivity contribution in [2.75, 3.05) is 71.5 Å². The van der Waals surface area contributed by atoms with Gasteiger partial charge in [-0.1, -0.05) is 34.6 Å². The number of ether oxygens (including phenoxy) is 3. The molecule has 4 heterocycles. The Morgan fingerprint density at radius 2 is 1.93 bits per heavy atom. The summed E-state index contributed by atoms with van der Waals surface area (Å²) in [5.41, 5.74) is 0.204. The molecule has 0 aromatic carbocycles. The molecule has 3 aliphatic heterocycles. The molecule has 2 N–H and O–H groups in total. The van der Waals surface area contributed by atoms with Crippen molar-refractivity contribution in [1.29, 1.82) is 0 Å². The van der Waals surface area contributed by atoms with Gasteiger partial charge in [-0.25, -0.2) is 9.97 Å². The molecule has 3 fully saturated rings. The summed E-state index contributed by atoms with van der Waals surface area (Å²) >= 11 is 0. The number of rotatable bonds is 10. The van der Waals surface area contributed by atoms with E-state index in [9.17, 15) is 9.59 Å². The van der Waals surface area contributed by atoms with Crippen molar-refractivity contribution in [2.24, 2.45) is 11.8 Å². The first-order valence-corrected chi connectivity index (χ1v) is 15.2. The third-order valence-corrected chi connectivity index (χ3v) is 8.10. The van der Waals surface area contributed by atoms with E-state index < -0.39 is 5.79 Å². The highest BCUT2D eigenvalue weighted by Crippen LogP contribution is 2.32. The third kappa shape index (κ3) is 7.94. The summed E-state index contributed by atoms with van der Waals surface area (Å²) in [6, 6.07) is -0.117. The van der Waals surface area contributed by atoms with Crippen molar-refractivity contribution in [3.05, 3.63) is 17.6 Å². The van der Waals surface area contributed by atoms with Gasteiger partial charge < -0.3 is 34.6 Å². The van der Waals surface area contributed by atoms with Crippen LogP contribution in [0.1, 0.15) is 76.5 Å². The molecule has 4 rings (SSSR count). The lowest BCUT2D eigenvalue weighted by molar-refractivity contribution is -0.188. The SMILES string of the molecule is COCCCNc1nc(C(C)(C)C)ncc1C(=O)N(CC(C)C)[C@@H]1CNC[C@H](C(=O)N2CCC3(CC2)OCCO3)C1. The zero-order chi connectivity index (χ0) is 29.6. The van der Waals surface area contributed by atoms with Gasteiger partial charge >= 0.3 is 0 Å².